The molecule has 0 fully saturated rings. The second-order valence-electron chi connectivity index (χ2n) is 7.39. The van der Waals surface area contributed by atoms with Crippen LogP contribution in [0, 0.1) is 0 Å². The summed E-state index contributed by atoms with van der Waals surface area (Å²) in [5, 5.41) is 14.4. The van der Waals surface area contributed by atoms with Gasteiger partial charge in [0.1, 0.15) is 5.75 Å². The van der Waals surface area contributed by atoms with Crippen molar-refractivity contribution in [3.05, 3.63) is 95.3 Å². The number of ether oxygens (including phenoxy) is 1. The fourth-order valence-electron chi connectivity index (χ4n) is 3.46. The summed E-state index contributed by atoms with van der Waals surface area (Å²) in [5.74, 6) is 2.90. The second-order valence-corrected chi connectivity index (χ2v) is 8.74. The fourth-order valence-corrected chi connectivity index (χ4v) is 4.46. The van der Waals surface area contributed by atoms with Gasteiger partial charge in [-0.15, -0.1) is 10.2 Å². The third-order valence-electron chi connectivity index (χ3n) is 5.14. The molecule has 0 N–H and O–H groups in total. The minimum Gasteiger partial charge on any atom is -0.497 e. The van der Waals surface area contributed by atoms with Gasteiger partial charge in [0, 0.05) is 11.1 Å². The summed E-state index contributed by atoms with van der Waals surface area (Å²) < 4.78 is 12.8. The third kappa shape index (κ3) is 4.83. The van der Waals surface area contributed by atoms with Gasteiger partial charge >= 0.3 is 0 Å². The van der Waals surface area contributed by atoms with Crippen molar-refractivity contribution in [1.29, 1.82) is 0 Å². The van der Waals surface area contributed by atoms with Crippen molar-refractivity contribution in [1.82, 2.24) is 24.9 Å². The lowest BCUT2D eigenvalue weighted by atomic mass is 10.2. The van der Waals surface area contributed by atoms with E-state index in [2.05, 4.69) is 37.0 Å². The van der Waals surface area contributed by atoms with Crippen molar-refractivity contribution in [2.45, 2.75) is 17.5 Å². The Hall–Kier alpha value is -3.62. The lowest BCUT2D eigenvalue weighted by Gasteiger charge is -2.11. The first-order valence-electron chi connectivity index (χ1n) is 10.5. The van der Waals surface area contributed by atoms with Crippen molar-refractivity contribution >= 4 is 23.4 Å². The summed E-state index contributed by atoms with van der Waals surface area (Å²) in [6.45, 7) is 0.607. The van der Waals surface area contributed by atoms with Crippen LogP contribution in [-0.2, 0) is 12.3 Å². The zero-order valence-electron chi connectivity index (χ0n) is 18.3. The number of hydrogen-bond acceptors (Lipinski definition) is 7. The van der Waals surface area contributed by atoms with Gasteiger partial charge < -0.3 is 9.26 Å². The molecule has 5 rings (SSSR count). The van der Waals surface area contributed by atoms with Crippen molar-refractivity contribution in [2.24, 2.45) is 0 Å². The Labute approximate surface area is 205 Å². The SMILES string of the molecule is COc1cccc(-c2noc(CSc3nnc(-c4ccccc4Cl)n3Cc3ccccc3)n2)c1. The lowest BCUT2D eigenvalue weighted by Crippen LogP contribution is -2.04. The van der Waals surface area contributed by atoms with E-state index in [0.29, 0.717) is 34.9 Å². The molecule has 0 amide bonds. The summed E-state index contributed by atoms with van der Waals surface area (Å²) in [4.78, 5) is 4.53. The number of halogens is 1. The van der Waals surface area contributed by atoms with Crippen molar-refractivity contribution in [2.75, 3.05) is 7.11 Å². The average Bonchev–Trinajstić information content (AvgIpc) is 3.51. The highest BCUT2D eigenvalue weighted by Crippen LogP contribution is 2.31. The molecule has 7 nitrogen and oxygen atoms in total. The highest BCUT2D eigenvalue weighted by atomic mass is 35.5. The number of rotatable bonds is 8. The fraction of sp³-hybridized carbons (Fsp3) is 0.120. The second kappa shape index (κ2) is 10.1. The summed E-state index contributed by atoms with van der Waals surface area (Å²) >= 11 is 7.95. The number of aromatic nitrogens is 5. The van der Waals surface area contributed by atoms with Crippen molar-refractivity contribution < 1.29 is 9.26 Å². The van der Waals surface area contributed by atoms with Gasteiger partial charge in [-0.25, -0.2) is 0 Å². The predicted octanol–water partition coefficient (Wildman–Crippen LogP) is 6.00. The van der Waals surface area contributed by atoms with E-state index in [9.17, 15) is 0 Å². The predicted molar refractivity (Wildman–Crippen MR) is 132 cm³/mol. The van der Waals surface area contributed by atoms with Gasteiger partial charge in [0.2, 0.25) is 11.7 Å². The van der Waals surface area contributed by atoms with E-state index >= 15 is 0 Å². The normalized spacial score (nSPS) is 11.0. The summed E-state index contributed by atoms with van der Waals surface area (Å²) in [6, 6.07) is 25.3. The molecule has 0 aliphatic rings. The Kier molecular flexibility index (Phi) is 6.60. The number of hydrogen-bond donors (Lipinski definition) is 0. The van der Waals surface area contributed by atoms with Crippen LogP contribution in [0.1, 0.15) is 11.5 Å². The van der Waals surface area contributed by atoms with Crippen LogP contribution in [0.2, 0.25) is 5.02 Å². The van der Waals surface area contributed by atoms with Gasteiger partial charge in [0.25, 0.3) is 0 Å². The quantitative estimate of drug-likeness (QED) is 0.247. The summed E-state index contributed by atoms with van der Waals surface area (Å²) in [6.07, 6.45) is 0. The molecule has 0 aliphatic heterocycles. The molecule has 0 bridgehead atoms. The molecule has 0 radical (unpaired) electrons. The topological polar surface area (TPSA) is 78.9 Å². The van der Waals surface area contributed by atoms with E-state index in [-0.39, 0.29) is 0 Å². The van der Waals surface area contributed by atoms with Gasteiger partial charge in [0.15, 0.2) is 11.0 Å². The van der Waals surface area contributed by atoms with Gasteiger partial charge in [-0.05, 0) is 29.8 Å². The minimum absolute atomic E-state index is 0.451. The molecule has 5 aromatic rings. The molecule has 0 spiro atoms. The maximum atomic E-state index is 6.47. The van der Waals surface area contributed by atoms with Gasteiger partial charge in [0.05, 0.1) is 24.4 Å². The van der Waals surface area contributed by atoms with Gasteiger partial charge in [-0.2, -0.15) is 4.98 Å². The molecule has 9 heteroatoms. The molecule has 0 atom stereocenters. The molecule has 0 saturated carbocycles. The Morgan fingerprint density at radius 1 is 0.971 bits per heavy atom. The highest BCUT2D eigenvalue weighted by Gasteiger charge is 2.18. The molecule has 0 aliphatic carbocycles. The van der Waals surface area contributed by atoms with Crippen molar-refractivity contribution in [3.63, 3.8) is 0 Å². The van der Waals surface area contributed by atoms with E-state index in [1.165, 1.54) is 11.8 Å². The van der Waals surface area contributed by atoms with Crippen LogP contribution in [0.4, 0.5) is 0 Å². The smallest absolute Gasteiger partial charge is 0.237 e. The molecule has 170 valence electrons. The maximum absolute atomic E-state index is 6.47. The van der Waals surface area contributed by atoms with E-state index < -0.39 is 0 Å². The van der Waals surface area contributed by atoms with Gasteiger partial charge in [-0.3, -0.25) is 4.57 Å². The van der Waals surface area contributed by atoms with Crippen LogP contribution in [0.25, 0.3) is 22.8 Å². The monoisotopic (exact) mass is 489 g/mol. The first-order chi connectivity index (χ1) is 16.7. The molecule has 0 unspecified atom stereocenters. The summed E-state index contributed by atoms with van der Waals surface area (Å²) in [5.41, 5.74) is 2.79. The highest BCUT2D eigenvalue weighted by molar-refractivity contribution is 7.98. The standard InChI is InChI=1S/C25H20ClN5O2S/c1-32-19-11-7-10-18(14-19)23-27-22(33-30-23)16-34-25-29-28-24(20-12-5-6-13-21(20)26)31(25)15-17-8-3-2-4-9-17/h2-14H,15-16H2,1H3. The first-order valence-corrected chi connectivity index (χ1v) is 11.9. The lowest BCUT2D eigenvalue weighted by molar-refractivity contribution is 0.391. The third-order valence-corrected chi connectivity index (χ3v) is 6.42. The zero-order chi connectivity index (χ0) is 23.3. The van der Waals surface area contributed by atoms with Crippen LogP contribution < -0.4 is 4.74 Å². The zero-order valence-corrected chi connectivity index (χ0v) is 19.8. The number of benzene rings is 3. The van der Waals surface area contributed by atoms with E-state index in [4.69, 9.17) is 20.9 Å². The first kappa shape index (κ1) is 22.2. The Morgan fingerprint density at radius 3 is 2.62 bits per heavy atom. The van der Waals surface area contributed by atoms with E-state index in [1.807, 2.05) is 66.7 Å². The Bertz CT molecular complexity index is 1400. The molecular weight excluding hydrogens is 470 g/mol. The average molecular weight is 490 g/mol. The van der Waals surface area contributed by atoms with Crippen LogP contribution in [0.5, 0.6) is 5.75 Å². The minimum atomic E-state index is 0.451. The number of methoxy groups -OCH3 is 1. The Balaban J connectivity index is 1.41. The Morgan fingerprint density at radius 2 is 1.79 bits per heavy atom. The van der Waals surface area contributed by atoms with Gasteiger partial charge in [-0.1, -0.05) is 83.1 Å². The van der Waals surface area contributed by atoms with E-state index in [1.54, 1.807) is 7.11 Å². The molecule has 34 heavy (non-hydrogen) atoms. The largest absolute Gasteiger partial charge is 0.497 e. The maximum Gasteiger partial charge on any atom is 0.237 e. The van der Waals surface area contributed by atoms with E-state index in [0.717, 1.165) is 27.6 Å². The number of thioether (sulfide) groups is 1. The summed E-state index contributed by atoms with van der Waals surface area (Å²) in [7, 11) is 1.62. The van der Waals surface area contributed by atoms with Crippen LogP contribution >= 0.6 is 23.4 Å². The molecule has 3 aromatic carbocycles. The molecule has 2 heterocycles. The molecule has 0 saturated heterocycles. The van der Waals surface area contributed by atoms with Crippen LogP contribution in [-0.4, -0.2) is 32.0 Å². The number of nitrogens with zero attached hydrogens (tertiary/aromatic N) is 5. The van der Waals surface area contributed by atoms with Crippen molar-refractivity contribution in [3.8, 4) is 28.5 Å². The van der Waals surface area contributed by atoms with Crippen LogP contribution in [0.15, 0.2) is 88.5 Å². The molecular formula is C25H20ClN5O2S. The van der Waals surface area contributed by atoms with Crippen LogP contribution in [0.3, 0.4) is 0 Å². The molecule has 2 aromatic heterocycles.